The summed E-state index contributed by atoms with van der Waals surface area (Å²) < 4.78 is 11.7. The van der Waals surface area contributed by atoms with E-state index in [1.54, 1.807) is 11.8 Å². The van der Waals surface area contributed by atoms with Crippen LogP contribution in [0.25, 0.3) is 10.4 Å². The third-order valence-electron chi connectivity index (χ3n) is 4.52. The van der Waals surface area contributed by atoms with Crippen LogP contribution in [0.3, 0.4) is 0 Å². The lowest BCUT2D eigenvalue weighted by Crippen LogP contribution is -2.44. The molecule has 7 heteroatoms. The molecular formula is C19H21NO4S2. The Bertz CT molecular complexity index is 821. The molecule has 1 aromatic carbocycles. The molecule has 1 fully saturated rings. The summed E-state index contributed by atoms with van der Waals surface area (Å²) in [5.74, 6) is -0.0185. The zero-order valence-corrected chi connectivity index (χ0v) is 16.1. The predicted octanol–water partition coefficient (Wildman–Crippen LogP) is 3.77. The summed E-state index contributed by atoms with van der Waals surface area (Å²) >= 11 is 1.19. The third-order valence-corrected chi connectivity index (χ3v) is 7.06. The number of hydrogen-bond donors (Lipinski definition) is 1. The molecule has 1 amide bonds. The van der Waals surface area contributed by atoms with Gasteiger partial charge in [-0.05, 0) is 24.5 Å². The molecule has 0 radical (unpaired) electrons. The molecule has 1 aliphatic heterocycles. The minimum Gasteiger partial charge on any atom is -0.477 e. The van der Waals surface area contributed by atoms with Crippen LogP contribution in [0.15, 0.2) is 36.4 Å². The van der Waals surface area contributed by atoms with E-state index in [9.17, 15) is 18.9 Å². The highest BCUT2D eigenvalue weighted by Crippen LogP contribution is 2.39. The Balaban J connectivity index is 2.05. The Morgan fingerprint density at radius 3 is 2.46 bits per heavy atom. The molecule has 1 aliphatic rings. The molecule has 5 nitrogen and oxygen atoms in total. The van der Waals surface area contributed by atoms with Gasteiger partial charge in [-0.1, -0.05) is 37.3 Å². The molecule has 3 rings (SSSR count). The van der Waals surface area contributed by atoms with Crippen molar-refractivity contribution < 1.29 is 18.9 Å². The number of benzene rings is 1. The van der Waals surface area contributed by atoms with Crippen LogP contribution >= 0.6 is 11.3 Å². The molecule has 138 valence electrons. The molecule has 0 unspecified atom stereocenters. The van der Waals surface area contributed by atoms with E-state index in [2.05, 4.69) is 0 Å². The molecule has 0 spiro atoms. The molecule has 0 saturated carbocycles. The van der Waals surface area contributed by atoms with Crippen molar-refractivity contribution >= 4 is 39.7 Å². The summed E-state index contributed by atoms with van der Waals surface area (Å²) in [6, 6.07) is 11.3. The van der Waals surface area contributed by atoms with E-state index in [-0.39, 0.29) is 16.8 Å². The summed E-state index contributed by atoms with van der Waals surface area (Å²) in [5, 5.41) is 9.69. The first-order valence-electron chi connectivity index (χ1n) is 8.60. The van der Waals surface area contributed by atoms with Gasteiger partial charge in [-0.25, -0.2) is 4.79 Å². The van der Waals surface area contributed by atoms with Crippen LogP contribution in [-0.4, -0.2) is 38.7 Å². The fourth-order valence-electron chi connectivity index (χ4n) is 3.20. The Kier molecular flexibility index (Phi) is 5.88. The quantitative estimate of drug-likeness (QED) is 0.842. The Morgan fingerprint density at radius 2 is 1.88 bits per heavy atom. The number of hydrogen-bond acceptors (Lipinski definition) is 4. The molecule has 0 aliphatic carbocycles. The lowest BCUT2D eigenvalue weighted by Gasteiger charge is -2.33. The van der Waals surface area contributed by atoms with Crippen LogP contribution in [0.1, 0.15) is 35.9 Å². The summed E-state index contributed by atoms with van der Waals surface area (Å²) in [6.07, 6.45) is 1.57. The minimum absolute atomic E-state index is 0.0948. The van der Waals surface area contributed by atoms with E-state index in [0.29, 0.717) is 36.5 Å². The van der Waals surface area contributed by atoms with E-state index in [1.807, 2.05) is 36.4 Å². The lowest BCUT2D eigenvalue weighted by molar-refractivity contribution is -0.118. The molecule has 0 atom stereocenters. The van der Waals surface area contributed by atoms with Crippen molar-refractivity contribution in [2.75, 3.05) is 16.4 Å². The van der Waals surface area contributed by atoms with Gasteiger partial charge < -0.3 is 10.0 Å². The first-order chi connectivity index (χ1) is 12.5. The van der Waals surface area contributed by atoms with Crippen molar-refractivity contribution in [2.45, 2.75) is 32.2 Å². The number of carbonyl (C=O) groups is 2. The third kappa shape index (κ3) is 3.88. The van der Waals surface area contributed by atoms with Crippen LogP contribution < -0.4 is 4.90 Å². The highest BCUT2D eigenvalue weighted by Gasteiger charge is 2.32. The second-order valence-corrected chi connectivity index (χ2v) is 8.94. The van der Waals surface area contributed by atoms with Crippen LogP contribution in [0, 0.1) is 0 Å². The van der Waals surface area contributed by atoms with Gasteiger partial charge in [-0.2, -0.15) is 0 Å². The smallest absolute Gasteiger partial charge is 0.348 e. The van der Waals surface area contributed by atoms with Crippen molar-refractivity contribution in [3.8, 4) is 10.4 Å². The van der Waals surface area contributed by atoms with Gasteiger partial charge in [-0.15, -0.1) is 11.3 Å². The second kappa shape index (κ2) is 8.14. The van der Waals surface area contributed by atoms with Crippen molar-refractivity contribution in [2.24, 2.45) is 0 Å². The molecule has 2 heterocycles. The summed E-state index contributed by atoms with van der Waals surface area (Å²) in [4.78, 5) is 27.2. The number of thiophene rings is 1. The van der Waals surface area contributed by atoms with Gasteiger partial charge in [0.15, 0.2) is 0 Å². The fraction of sp³-hybridized carbons (Fsp3) is 0.368. The van der Waals surface area contributed by atoms with E-state index >= 15 is 0 Å². The number of amides is 1. The van der Waals surface area contributed by atoms with Crippen molar-refractivity contribution in [3.63, 3.8) is 0 Å². The summed E-state index contributed by atoms with van der Waals surface area (Å²) in [7, 11) is -0.839. The van der Waals surface area contributed by atoms with E-state index in [1.165, 1.54) is 11.3 Å². The highest BCUT2D eigenvalue weighted by atomic mass is 32.2. The largest absolute Gasteiger partial charge is 0.477 e. The Morgan fingerprint density at radius 1 is 1.23 bits per heavy atom. The molecule has 0 bridgehead atoms. The van der Waals surface area contributed by atoms with Gasteiger partial charge >= 0.3 is 5.97 Å². The van der Waals surface area contributed by atoms with Gasteiger partial charge in [0.1, 0.15) is 4.88 Å². The molecular weight excluding hydrogens is 370 g/mol. The molecule has 1 aromatic heterocycles. The average Bonchev–Trinajstić information content (AvgIpc) is 3.09. The standard InChI is InChI=1S/C19H21NO4S2/c1-2-17(21)20(14-8-10-26(24)11-9-14)15-12-16(25-18(15)19(22)23)13-6-4-3-5-7-13/h3-7,12,14H,2,8-11H2,1H3,(H,22,23). The molecule has 1 saturated heterocycles. The van der Waals surface area contributed by atoms with Crippen LogP contribution in [-0.2, 0) is 15.6 Å². The maximum atomic E-state index is 12.7. The Labute approximate surface area is 159 Å². The maximum absolute atomic E-state index is 12.7. The number of carboxylic acid groups (broad SMARTS) is 1. The maximum Gasteiger partial charge on any atom is 0.348 e. The number of anilines is 1. The van der Waals surface area contributed by atoms with Crippen molar-refractivity contribution in [1.29, 1.82) is 0 Å². The van der Waals surface area contributed by atoms with E-state index in [4.69, 9.17) is 0 Å². The van der Waals surface area contributed by atoms with E-state index < -0.39 is 16.8 Å². The van der Waals surface area contributed by atoms with Crippen molar-refractivity contribution in [1.82, 2.24) is 0 Å². The van der Waals surface area contributed by atoms with Crippen molar-refractivity contribution in [3.05, 3.63) is 41.3 Å². The second-order valence-electron chi connectivity index (χ2n) is 6.19. The number of carbonyl (C=O) groups excluding carboxylic acids is 1. The van der Waals surface area contributed by atoms with Gasteiger partial charge in [0.2, 0.25) is 5.91 Å². The topological polar surface area (TPSA) is 74.7 Å². The molecule has 1 N–H and O–H groups in total. The van der Waals surface area contributed by atoms with Gasteiger partial charge in [-0.3, -0.25) is 9.00 Å². The van der Waals surface area contributed by atoms with Crippen LogP contribution in [0.2, 0.25) is 0 Å². The predicted molar refractivity (Wildman–Crippen MR) is 105 cm³/mol. The Hall–Kier alpha value is -1.99. The summed E-state index contributed by atoms with van der Waals surface area (Å²) in [6.45, 7) is 1.78. The summed E-state index contributed by atoms with van der Waals surface area (Å²) in [5.41, 5.74) is 1.39. The number of aromatic carboxylic acids is 1. The van der Waals surface area contributed by atoms with Gasteiger partial charge in [0.05, 0.1) is 5.69 Å². The zero-order chi connectivity index (χ0) is 18.7. The van der Waals surface area contributed by atoms with Gasteiger partial charge in [0, 0.05) is 39.6 Å². The minimum atomic E-state index is -1.03. The SMILES string of the molecule is CCC(=O)N(c1cc(-c2ccccc2)sc1C(=O)O)C1CCS(=O)CC1. The van der Waals surface area contributed by atoms with E-state index in [0.717, 1.165) is 10.4 Å². The normalized spacial score (nSPS) is 19.9. The molecule has 2 aromatic rings. The van der Waals surface area contributed by atoms with Crippen LogP contribution in [0.4, 0.5) is 5.69 Å². The zero-order valence-electron chi connectivity index (χ0n) is 14.5. The first-order valence-corrected chi connectivity index (χ1v) is 10.9. The molecule has 26 heavy (non-hydrogen) atoms. The van der Waals surface area contributed by atoms with Crippen LogP contribution in [0.5, 0.6) is 0 Å². The fourth-order valence-corrected chi connectivity index (χ4v) is 5.47. The highest BCUT2D eigenvalue weighted by molar-refractivity contribution is 7.85. The van der Waals surface area contributed by atoms with Gasteiger partial charge in [0.25, 0.3) is 0 Å². The average molecular weight is 392 g/mol. The number of nitrogens with zero attached hydrogens (tertiary/aromatic N) is 1. The number of carboxylic acids is 1. The lowest BCUT2D eigenvalue weighted by atomic mass is 10.1. The first kappa shape index (κ1) is 18.8. The monoisotopic (exact) mass is 391 g/mol. The number of rotatable bonds is 5.